The highest BCUT2D eigenvalue weighted by Gasteiger charge is 2.43. The summed E-state index contributed by atoms with van der Waals surface area (Å²) in [7, 11) is 0. The van der Waals surface area contributed by atoms with Crippen molar-refractivity contribution in [2.75, 3.05) is 13.2 Å². The second kappa shape index (κ2) is 6.43. The van der Waals surface area contributed by atoms with Crippen molar-refractivity contribution in [1.29, 1.82) is 0 Å². The topological polar surface area (TPSA) is 101 Å². The zero-order valence-corrected chi connectivity index (χ0v) is 11.5. The predicted molar refractivity (Wildman–Crippen MR) is 67.0 cm³/mol. The minimum absolute atomic E-state index is 0.00696. The van der Waals surface area contributed by atoms with Crippen LogP contribution in [0, 0.1) is 11.8 Å². The molecule has 0 amide bonds. The molecule has 0 aromatic heterocycles. The van der Waals surface area contributed by atoms with Gasteiger partial charge in [-0.25, -0.2) is 0 Å². The van der Waals surface area contributed by atoms with Gasteiger partial charge < -0.3 is 9.47 Å². The second-order valence-corrected chi connectivity index (χ2v) is 5.02. The van der Waals surface area contributed by atoms with Crippen LogP contribution in [-0.2, 0) is 19.1 Å². The van der Waals surface area contributed by atoms with Crippen molar-refractivity contribution in [3.05, 3.63) is 10.4 Å². The first-order chi connectivity index (χ1) is 8.92. The highest BCUT2D eigenvalue weighted by atomic mass is 16.6. The fourth-order valence-electron chi connectivity index (χ4n) is 1.82. The Labute approximate surface area is 111 Å². The van der Waals surface area contributed by atoms with Gasteiger partial charge in [-0.05, 0) is 18.9 Å². The molecule has 0 aromatic carbocycles. The van der Waals surface area contributed by atoms with Crippen molar-refractivity contribution in [2.45, 2.75) is 39.2 Å². The molecule has 106 valence electrons. The van der Waals surface area contributed by atoms with E-state index in [4.69, 9.17) is 15.0 Å². The molecule has 1 aliphatic heterocycles. The quantitative estimate of drug-likeness (QED) is 0.319. The van der Waals surface area contributed by atoms with Crippen LogP contribution in [0.5, 0.6) is 0 Å². The van der Waals surface area contributed by atoms with Crippen LogP contribution in [0.15, 0.2) is 5.11 Å². The van der Waals surface area contributed by atoms with E-state index in [0.29, 0.717) is 6.42 Å². The summed E-state index contributed by atoms with van der Waals surface area (Å²) in [5, 5.41) is 3.49. The second-order valence-electron chi connectivity index (χ2n) is 5.02. The summed E-state index contributed by atoms with van der Waals surface area (Å²) in [6, 6.07) is 0. The van der Waals surface area contributed by atoms with Crippen LogP contribution in [0.3, 0.4) is 0 Å². The van der Waals surface area contributed by atoms with Crippen LogP contribution >= 0.6 is 0 Å². The number of rotatable bonds is 6. The molecule has 0 aromatic rings. The molecule has 19 heavy (non-hydrogen) atoms. The molecule has 1 rings (SSSR count). The van der Waals surface area contributed by atoms with Gasteiger partial charge in [-0.15, -0.1) is 0 Å². The van der Waals surface area contributed by atoms with Crippen molar-refractivity contribution in [2.24, 2.45) is 17.0 Å². The molecule has 1 fully saturated rings. The van der Waals surface area contributed by atoms with Gasteiger partial charge in [-0.3, -0.25) is 9.59 Å². The molecule has 0 aliphatic carbocycles. The minimum atomic E-state index is -1.00. The first kappa shape index (κ1) is 15.3. The average Bonchev–Trinajstić information content (AvgIpc) is 2.82. The lowest BCUT2D eigenvalue weighted by atomic mass is 9.88. The summed E-state index contributed by atoms with van der Waals surface area (Å²) in [5.41, 5.74) is 7.43. The summed E-state index contributed by atoms with van der Waals surface area (Å²) < 4.78 is 10.4. The van der Waals surface area contributed by atoms with Crippen molar-refractivity contribution in [3.63, 3.8) is 0 Å². The molecule has 1 aliphatic rings. The first-order valence-electron chi connectivity index (χ1n) is 6.32. The van der Waals surface area contributed by atoms with E-state index in [2.05, 4.69) is 10.0 Å². The van der Waals surface area contributed by atoms with Gasteiger partial charge in [0.05, 0.1) is 25.5 Å². The fraction of sp³-hybridized carbons (Fsp3) is 0.833. The lowest BCUT2D eigenvalue weighted by Gasteiger charge is -2.33. The lowest BCUT2D eigenvalue weighted by molar-refractivity contribution is -0.167. The number of esters is 2. The Morgan fingerprint density at radius 3 is 2.89 bits per heavy atom. The van der Waals surface area contributed by atoms with Gasteiger partial charge in [0.25, 0.3) is 0 Å². The molecule has 0 bridgehead atoms. The number of cyclic esters (lactones) is 1. The van der Waals surface area contributed by atoms with Gasteiger partial charge in [0.1, 0.15) is 5.60 Å². The molecule has 0 spiro atoms. The third kappa shape index (κ3) is 3.86. The largest absolute Gasteiger partial charge is 0.465 e. The molecule has 0 N–H and O–H groups in total. The van der Waals surface area contributed by atoms with Crippen LogP contribution in [0.4, 0.5) is 0 Å². The van der Waals surface area contributed by atoms with Crippen molar-refractivity contribution in [3.8, 4) is 0 Å². The zero-order chi connectivity index (χ0) is 14.5. The summed E-state index contributed by atoms with van der Waals surface area (Å²) in [6.07, 6.45) is 0.835. The Hall–Kier alpha value is -1.75. The molecular formula is C12H19N3O4. The van der Waals surface area contributed by atoms with Crippen LogP contribution in [0.25, 0.3) is 10.4 Å². The molecule has 1 saturated heterocycles. The van der Waals surface area contributed by atoms with E-state index in [9.17, 15) is 9.59 Å². The summed E-state index contributed by atoms with van der Waals surface area (Å²) in [5.74, 6) is -1.18. The molecule has 3 atom stereocenters. The standard InChI is InChI=1S/C12H19N3O4/c1-4-8(2)11(17)19-12(3,7-14-15-13)9-5-10(16)18-6-9/h8-9H,4-7H2,1-3H3. The van der Waals surface area contributed by atoms with Crippen LogP contribution in [0.2, 0.25) is 0 Å². The van der Waals surface area contributed by atoms with Gasteiger partial charge >= 0.3 is 11.9 Å². The van der Waals surface area contributed by atoms with E-state index < -0.39 is 5.60 Å². The minimum Gasteiger partial charge on any atom is -0.465 e. The Bertz CT molecular complexity index is 406. The first-order valence-corrected chi connectivity index (χ1v) is 6.32. The highest BCUT2D eigenvalue weighted by Crippen LogP contribution is 2.31. The van der Waals surface area contributed by atoms with E-state index in [1.807, 2.05) is 6.92 Å². The molecule has 7 heteroatoms. The van der Waals surface area contributed by atoms with Crippen LogP contribution < -0.4 is 0 Å². The number of azide groups is 1. The number of hydrogen-bond donors (Lipinski definition) is 0. The SMILES string of the molecule is CCC(C)C(=O)OC(C)(CN=[N+]=[N-])C1COC(=O)C1. The fourth-order valence-corrected chi connectivity index (χ4v) is 1.82. The Morgan fingerprint density at radius 2 is 2.42 bits per heavy atom. The molecular weight excluding hydrogens is 250 g/mol. The molecule has 3 unspecified atom stereocenters. The Kier molecular flexibility index (Phi) is 5.18. The van der Waals surface area contributed by atoms with E-state index >= 15 is 0 Å². The van der Waals surface area contributed by atoms with Crippen molar-refractivity contribution < 1.29 is 19.1 Å². The average molecular weight is 269 g/mol. The van der Waals surface area contributed by atoms with E-state index in [1.54, 1.807) is 13.8 Å². The van der Waals surface area contributed by atoms with Gasteiger partial charge in [-0.2, -0.15) is 0 Å². The number of nitrogens with zero attached hydrogens (tertiary/aromatic N) is 3. The third-order valence-corrected chi connectivity index (χ3v) is 3.52. The predicted octanol–water partition coefficient (Wildman–Crippen LogP) is 2.21. The Morgan fingerprint density at radius 1 is 1.74 bits per heavy atom. The highest BCUT2D eigenvalue weighted by molar-refractivity contribution is 5.74. The van der Waals surface area contributed by atoms with E-state index in [1.165, 1.54) is 0 Å². The maximum absolute atomic E-state index is 11.9. The third-order valence-electron chi connectivity index (χ3n) is 3.52. The van der Waals surface area contributed by atoms with Crippen molar-refractivity contribution in [1.82, 2.24) is 0 Å². The summed E-state index contributed by atoms with van der Waals surface area (Å²) in [6.45, 7) is 5.51. The van der Waals surface area contributed by atoms with Crippen molar-refractivity contribution >= 4 is 11.9 Å². The van der Waals surface area contributed by atoms with E-state index in [-0.39, 0.29) is 43.3 Å². The number of carbonyl (C=O) groups excluding carboxylic acids is 2. The number of carbonyl (C=O) groups is 2. The smallest absolute Gasteiger partial charge is 0.309 e. The summed E-state index contributed by atoms with van der Waals surface area (Å²) >= 11 is 0. The molecule has 7 nitrogen and oxygen atoms in total. The van der Waals surface area contributed by atoms with Crippen LogP contribution in [0.1, 0.15) is 33.6 Å². The van der Waals surface area contributed by atoms with Gasteiger partial charge in [0.2, 0.25) is 0 Å². The monoisotopic (exact) mass is 269 g/mol. The van der Waals surface area contributed by atoms with Gasteiger partial charge in [0.15, 0.2) is 0 Å². The van der Waals surface area contributed by atoms with E-state index in [0.717, 1.165) is 0 Å². The Balaban J connectivity index is 2.83. The molecule has 0 saturated carbocycles. The van der Waals surface area contributed by atoms with Gasteiger partial charge in [0, 0.05) is 10.8 Å². The summed E-state index contributed by atoms with van der Waals surface area (Å²) in [4.78, 5) is 25.8. The number of ether oxygens (including phenoxy) is 2. The maximum Gasteiger partial charge on any atom is 0.309 e. The maximum atomic E-state index is 11.9. The zero-order valence-electron chi connectivity index (χ0n) is 11.5. The van der Waals surface area contributed by atoms with Gasteiger partial charge in [-0.1, -0.05) is 19.0 Å². The van der Waals surface area contributed by atoms with Crippen LogP contribution in [-0.4, -0.2) is 30.7 Å². The molecule has 0 radical (unpaired) electrons. The molecule has 1 heterocycles. The number of hydrogen-bond acceptors (Lipinski definition) is 5. The lowest BCUT2D eigenvalue weighted by Crippen LogP contribution is -2.44. The normalized spacial score (nSPS) is 22.9.